The Labute approximate surface area is 98.0 Å². The molecule has 0 spiro atoms. The van der Waals surface area contributed by atoms with Crippen molar-refractivity contribution in [3.05, 3.63) is 35.9 Å². The largest absolute Gasteiger partial charge is 0.375 e. The van der Waals surface area contributed by atoms with Crippen molar-refractivity contribution < 1.29 is 4.74 Å². The zero-order valence-electron chi connectivity index (χ0n) is 9.82. The molecule has 1 N–H and O–H groups in total. The van der Waals surface area contributed by atoms with E-state index in [1.54, 1.807) is 0 Å². The fourth-order valence-corrected chi connectivity index (χ4v) is 1.75. The number of benzene rings is 1. The first-order valence-electron chi connectivity index (χ1n) is 6.27. The molecule has 1 aromatic rings. The van der Waals surface area contributed by atoms with Gasteiger partial charge in [0, 0.05) is 6.54 Å². The Balaban J connectivity index is 1.42. The molecule has 88 valence electrons. The highest BCUT2D eigenvalue weighted by Gasteiger charge is 2.19. The van der Waals surface area contributed by atoms with E-state index >= 15 is 0 Å². The van der Waals surface area contributed by atoms with Crippen LogP contribution < -0.4 is 5.32 Å². The van der Waals surface area contributed by atoms with Crippen LogP contribution in [0.15, 0.2) is 30.3 Å². The first-order valence-corrected chi connectivity index (χ1v) is 6.27. The quantitative estimate of drug-likeness (QED) is 0.679. The van der Waals surface area contributed by atoms with Crippen LogP contribution in [0, 0.1) is 5.92 Å². The average Bonchev–Trinajstić information content (AvgIpc) is 3.13. The van der Waals surface area contributed by atoms with Crippen molar-refractivity contribution in [2.75, 3.05) is 19.7 Å². The fourth-order valence-electron chi connectivity index (χ4n) is 1.75. The molecule has 1 aromatic carbocycles. The van der Waals surface area contributed by atoms with Gasteiger partial charge >= 0.3 is 0 Å². The van der Waals surface area contributed by atoms with Gasteiger partial charge in [-0.25, -0.2) is 0 Å². The van der Waals surface area contributed by atoms with Gasteiger partial charge in [0.2, 0.25) is 0 Å². The first-order chi connectivity index (χ1) is 7.95. The Kier molecular flexibility index (Phi) is 4.84. The summed E-state index contributed by atoms with van der Waals surface area (Å²) in [6.07, 6.45) is 4.25. The summed E-state index contributed by atoms with van der Waals surface area (Å²) in [5, 5.41) is 3.42. The van der Waals surface area contributed by atoms with E-state index in [9.17, 15) is 0 Å². The lowest BCUT2D eigenvalue weighted by molar-refractivity contribution is 0.122. The molecule has 2 nitrogen and oxygen atoms in total. The zero-order valence-corrected chi connectivity index (χ0v) is 9.82. The second kappa shape index (κ2) is 6.66. The highest BCUT2D eigenvalue weighted by molar-refractivity contribution is 5.13. The zero-order chi connectivity index (χ0) is 11.1. The molecule has 0 aliphatic heterocycles. The summed E-state index contributed by atoms with van der Waals surface area (Å²) in [6.45, 7) is 3.66. The Morgan fingerprint density at radius 3 is 2.69 bits per heavy atom. The van der Waals surface area contributed by atoms with Crippen molar-refractivity contribution in [2.45, 2.75) is 25.9 Å². The van der Waals surface area contributed by atoms with Crippen LogP contribution in [0.3, 0.4) is 0 Å². The molecule has 2 heteroatoms. The maximum absolute atomic E-state index is 5.58. The van der Waals surface area contributed by atoms with E-state index in [4.69, 9.17) is 4.74 Å². The van der Waals surface area contributed by atoms with Gasteiger partial charge in [-0.2, -0.15) is 0 Å². The normalized spacial score (nSPS) is 15.2. The summed E-state index contributed by atoms with van der Waals surface area (Å²) in [4.78, 5) is 0. The lowest BCUT2D eigenvalue weighted by Gasteiger charge is -2.05. The number of hydrogen-bond acceptors (Lipinski definition) is 2. The van der Waals surface area contributed by atoms with E-state index in [1.165, 1.54) is 24.8 Å². The summed E-state index contributed by atoms with van der Waals surface area (Å²) in [6, 6.07) is 10.3. The maximum Gasteiger partial charge on any atom is 0.0717 e. The number of rotatable bonds is 8. The van der Waals surface area contributed by atoms with Gasteiger partial charge in [-0.15, -0.1) is 0 Å². The van der Waals surface area contributed by atoms with Gasteiger partial charge in [-0.05, 0) is 24.4 Å². The highest BCUT2D eigenvalue weighted by Crippen LogP contribution is 2.31. The lowest BCUT2D eigenvalue weighted by atomic mass is 10.2. The molecular weight excluding hydrogens is 198 g/mol. The van der Waals surface area contributed by atoms with Gasteiger partial charge in [-0.3, -0.25) is 0 Å². The molecule has 16 heavy (non-hydrogen) atoms. The molecule has 2 rings (SSSR count). The van der Waals surface area contributed by atoms with Crippen LogP contribution >= 0.6 is 0 Å². The Morgan fingerprint density at radius 2 is 1.94 bits per heavy atom. The maximum atomic E-state index is 5.58. The predicted molar refractivity (Wildman–Crippen MR) is 66.3 cm³/mol. The topological polar surface area (TPSA) is 21.3 Å². The molecular formula is C14H21NO. The molecule has 0 bridgehead atoms. The minimum Gasteiger partial charge on any atom is -0.375 e. The molecule has 1 fully saturated rings. The number of hydrogen-bond donors (Lipinski definition) is 1. The summed E-state index contributed by atoms with van der Waals surface area (Å²) in [5.41, 5.74) is 1.25. The fraction of sp³-hybridized carbons (Fsp3) is 0.571. The third kappa shape index (κ3) is 4.77. The van der Waals surface area contributed by atoms with E-state index in [1.807, 2.05) is 18.2 Å². The van der Waals surface area contributed by atoms with Crippen LogP contribution in [-0.4, -0.2) is 19.7 Å². The van der Waals surface area contributed by atoms with Crippen LogP contribution in [-0.2, 0) is 11.3 Å². The standard InChI is InChI=1S/C14H21NO/c1-2-4-14(5-3-1)12-16-11-10-15-9-8-13-6-7-13/h1-5,13,15H,6-12H2. The van der Waals surface area contributed by atoms with Gasteiger partial charge in [0.15, 0.2) is 0 Å². The molecule has 1 saturated carbocycles. The van der Waals surface area contributed by atoms with Crippen LogP contribution in [0.2, 0.25) is 0 Å². The smallest absolute Gasteiger partial charge is 0.0717 e. The van der Waals surface area contributed by atoms with Gasteiger partial charge in [-0.1, -0.05) is 43.2 Å². The van der Waals surface area contributed by atoms with E-state index in [2.05, 4.69) is 17.4 Å². The van der Waals surface area contributed by atoms with E-state index < -0.39 is 0 Å². The molecule has 0 amide bonds. The SMILES string of the molecule is c1ccc(COCCNCCC2CC2)cc1. The van der Waals surface area contributed by atoms with Crippen molar-refractivity contribution in [3.63, 3.8) is 0 Å². The summed E-state index contributed by atoms with van der Waals surface area (Å²) >= 11 is 0. The molecule has 0 unspecified atom stereocenters. The minimum atomic E-state index is 0.727. The molecule has 0 atom stereocenters. The van der Waals surface area contributed by atoms with E-state index in [0.29, 0.717) is 0 Å². The first kappa shape index (κ1) is 11.6. The summed E-state index contributed by atoms with van der Waals surface area (Å²) in [7, 11) is 0. The van der Waals surface area contributed by atoms with Crippen LogP contribution in [0.1, 0.15) is 24.8 Å². The van der Waals surface area contributed by atoms with Gasteiger partial charge in [0.1, 0.15) is 0 Å². The predicted octanol–water partition coefficient (Wildman–Crippen LogP) is 2.59. The lowest BCUT2D eigenvalue weighted by Crippen LogP contribution is -2.21. The van der Waals surface area contributed by atoms with Crippen LogP contribution in [0.25, 0.3) is 0 Å². The van der Waals surface area contributed by atoms with Gasteiger partial charge in [0.05, 0.1) is 13.2 Å². The molecule has 1 aliphatic carbocycles. The van der Waals surface area contributed by atoms with E-state index in [0.717, 1.165) is 32.2 Å². The summed E-state index contributed by atoms with van der Waals surface area (Å²) < 4.78 is 5.58. The molecule has 0 heterocycles. The number of ether oxygens (including phenoxy) is 1. The van der Waals surface area contributed by atoms with Crippen molar-refractivity contribution in [2.24, 2.45) is 5.92 Å². The highest BCUT2D eigenvalue weighted by atomic mass is 16.5. The Bertz CT molecular complexity index is 282. The second-order valence-corrected chi connectivity index (χ2v) is 4.52. The van der Waals surface area contributed by atoms with Crippen LogP contribution in [0.5, 0.6) is 0 Å². The third-order valence-corrected chi connectivity index (χ3v) is 2.96. The van der Waals surface area contributed by atoms with Gasteiger partial charge in [0.25, 0.3) is 0 Å². The monoisotopic (exact) mass is 219 g/mol. The van der Waals surface area contributed by atoms with Crippen molar-refractivity contribution in [3.8, 4) is 0 Å². The van der Waals surface area contributed by atoms with Crippen molar-refractivity contribution in [1.82, 2.24) is 5.32 Å². The second-order valence-electron chi connectivity index (χ2n) is 4.52. The Hall–Kier alpha value is -0.860. The molecule has 0 radical (unpaired) electrons. The summed E-state index contributed by atoms with van der Waals surface area (Å²) in [5.74, 6) is 1.03. The van der Waals surface area contributed by atoms with Gasteiger partial charge < -0.3 is 10.1 Å². The van der Waals surface area contributed by atoms with E-state index in [-0.39, 0.29) is 0 Å². The average molecular weight is 219 g/mol. The Morgan fingerprint density at radius 1 is 1.12 bits per heavy atom. The van der Waals surface area contributed by atoms with Crippen molar-refractivity contribution >= 4 is 0 Å². The molecule has 1 aliphatic rings. The van der Waals surface area contributed by atoms with Crippen LogP contribution in [0.4, 0.5) is 0 Å². The molecule has 0 saturated heterocycles. The molecule has 0 aromatic heterocycles. The van der Waals surface area contributed by atoms with Crippen molar-refractivity contribution in [1.29, 1.82) is 0 Å². The minimum absolute atomic E-state index is 0.727. The third-order valence-electron chi connectivity index (χ3n) is 2.96. The number of nitrogens with one attached hydrogen (secondary N) is 1.